The van der Waals surface area contributed by atoms with E-state index in [0.717, 1.165) is 58.3 Å². The van der Waals surface area contributed by atoms with E-state index in [0.29, 0.717) is 11.6 Å². The molecule has 2 aromatic heterocycles. The highest BCUT2D eigenvalue weighted by Gasteiger charge is 2.26. The van der Waals surface area contributed by atoms with Crippen LogP contribution >= 0.6 is 11.6 Å². The fourth-order valence-electron chi connectivity index (χ4n) is 3.92. The highest BCUT2D eigenvalue weighted by molar-refractivity contribution is 6.30. The number of anilines is 1. The van der Waals surface area contributed by atoms with Gasteiger partial charge >= 0.3 is 0 Å². The third-order valence-corrected chi connectivity index (χ3v) is 5.53. The molecule has 1 saturated heterocycles. The zero-order chi connectivity index (χ0) is 18.4. The quantitative estimate of drug-likeness (QED) is 0.651. The van der Waals surface area contributed by atoms with E-state index in [-0.39, 0.29) is 0 Å². The van der Waals surface area contributed by atoms with Gasteiger partial charge in [0.25, 0.3) is 0 Å². The van der Waals surface area contributed by atoms with Crippen molar-refractivity contribution in [2.75, 3.05) is 18.0 Å². The first-order valence-corrected chi connectivity index (χ1v) is 9.60. The molecule has 5 rings (SSSR count). The van der Waals surface area contributed by atoms with Crippen LogP contribution in [0.3, 0.4) is 0 Å². The standard InChI is InChI=1S/C21H19ClN4O/c1-13-20-17-11-23-19(26-8-2-3-9-26)10-16(17)21(24-12-18(20)27-25-13)14-4-6-15(22)7-5-14/h4-7,10-11H,2-3,8-9,12H2,1H3. The summed E-state index contributed by atoms with van der Waals surface area (Å²) in [5, 5.41) is 4.86. The molecule has 0 unspecified atom stereocenters. The van der Waals surface area contributed by atoms with Crippen LogP contribution < -0.4 is 4.90 Å². The van der Waals surface area contributed by atoms with Gasteiger partial charge in [-0.2, -0.15) is 0 Å². The molecule has 0 bridgehead atoms. The molecule has 1 fully saturated rings. The lowest BCUT2D eigenvalue weighted by Crippen LogP contribution is -2.19. The summed E-state index contributed by atoms with van der Waals surface area (Å²) in [6, 6.07) is 9.99. The van der Waals surface area contributed by atoms with Crippen LogP contribution in [0, 0.1) is 6.92 Å². The third kappa shape index (κ3) is 2.82. The predicted molar refractivity (Wildman–Crippen MR) is 107 cm³/mol. The Morgan fingerprint density at radius 2 is 1.85 bits per heavy atom. The number of fused-ring (bicyclic) bond motifs is 3. The summed E-state index contributed by atoms with van der Waals surface area (Å²) in [5.41, 5.74) is 5.95. The predicted octanol–water partition coefficient (Wildman–Crippen LogP) is 4.65. The van der Waals surface area contributed by atoms with E-state index in [1.165, 1.54) is 12.8 Å². The van der Waals surface area contributed by atoms with Crippen LogP contribution in [-0.4, -0.2) is 28.9 Å². The number of halogens is 1. The molecule has 0 aliphatic carbocycles. The van der Waals surface area contributed by atoms with Crippen molar-refractivity contribution >= 4 is 23.1 Å². The van der Waals surface area contributed by atoms with Gasteiger partial charge in [0.15, 0.2) is 5.76 Å². The Morgan fingerprint density at radius 1 is 1.07 bits per heavy atom. The van der Waals surface area contributed by atoms with Gasteiger partial charge in [-0.3, -0.25) is 4.99 Å². The molecule has 5 nitrogen and oxygen atoms in total. The molecule has 27 heavy (non-hydrogen) atoms. The second-order valence-electron chi connectivity index (χ2n) is 7.02. The maximum Gasteiger partial charge on any atom is 0.166 e. The first-order valence-electron chi connectivity index (χ1n) is 9.22. The van der Waals surface area contributed by atoms with E-state index in [9.17, 15) is 0 Å². The lowest BCUT2D eigenvalue weighted by molar-refractivity contribution is 0.382. The number of benzene rings is 1. The lowest BCUT2D eigenvalue weighted by atomic mass is 9.95. The molecule has 0 N–H and O–H groups in total. The van der Waals surface area contributed by atoms with Crippen LogP contribution in [0.25, 0.3) is 11.1 Å². The summed E-state index contributed by atoms with van der Waals surface area (Å²) in [7, 11) is 0. The molecule has 1 aromatic carbocycles. The van der Waals surface area contributed by atoms with Crippen molar-refractivity contribution in [2.24, 2.45) is 4.99 Å². The van der Waals surface area contributed by atoms with Gasteiger partial charge in [-0.15, -0.1) is 0 Å². The number of aromatic nitrogens is 2. The van der Waals surface area contributed by atoms with E-state index in [1.807, 2.05) is 37.4 Å². The third-order valence-electron chi connectivity index (χ3n) is 5.28. The molecule has 6 heteroatoms. The SMILES string of the molecule is Cc1noc2c1-c1cnc(N3CCCC3)cc1C(c1ccc(Cl)cc1)=NC2. The Hall–Kier alpha value is -2.66. The minimum atomic E-state index is 0.460. The largest absolute Gasteiger partial charge is 0.358 e. The topological polar surface area (TPSA) is 54.5 Å². The van der Waals surface area contributed by atoms with Gasteiger partial charge in [0.05, 0.1) is 17.0 Å². The molecule has 0 saturated carbocycles. The number of hydrogen-bond acceptors (Lipinski definition) is 5. The van der Waals surface area contributed by atoms with Crippen molar-refractivity contribution in [3.8, 4) is 11.1 Å². The highest BCUT2D eigenvalue weighted by Crippen LogP contribution is 2.36. The van der Waals surface area contributed by atoms with Gasteiger partial charge < -0.3 is 9.42 Å². The van der Waals surface area contributed by atoms with Crippen LogP contribution in [0.5, 0.6) is 0 Å². The maximum atomic E-state index is 6.09. The summed E-state index contributed by atoms with van der Waals surface area (Å²) in [4.78, 5) is 12.0. The monoisotopic (exact) mass is 378 g/mol. The fraction of sp³-hybridized carbons (Fsp3) is 0.286. The van der Waals surface area contributed by atoms with Gasteiger partial charge in [0.2, 0.25) is 0 Å². The summed E-state index contributed by atoms with van der Waals surface area (Å²) < 4.78 is 5.54. The fourth-order valence-corrected chi connectivity index (χ4v) is 4.04. The average Bonchev–Trinajstić information content (AvgIpc) is 3.30. The van der Waals surface area contributed by atoms with Crippen molar-refractivity contribution in [3.05, 3.63) is 64.1 Å². The van der Waals surface area contributed by atoms with Gasteiger partial charge in [-0.25, -0.2) is 4.98 Å². The molecule has 0 spiro atoms. The van der Waals surface area contributed by atoms with E-state index >= 15 is 0 Å². The Morgan fingerprint density at radius 3 is 2.63 bits per heavy atom. The van der Waals surface area contributed by atoms with Crippen LogP contribution in [0.2, 0.25) is 5.02 Å². The van der Waals surface area contributed by atoms with Crippen molar-refractivity contribution in [3.63, 3.8) is 0 Å². The maximum absolute atomic E-state index is 6.09. The number of nitrogens with zero attached hydrogens (tertiary/aromatic N) is 4. The number of pyridine rings is 1. The Bertz CT molecular complexity index is 1030. The molecule has 2 aliphatic heterocycles. The van der Waals surface area contributed by atoms with Gasteiger partial charge in [0, 0.05) is 41.0 Å². The van der Waals surface area contributed by atoms with Crippen LogP contribution in [0.4, 0.5) is 5.82 Å². The summed E-state index contributed by atoms with van der Waals surface area (Å²) >= 11 is 6.09. The van der Waals surface area contributed by atoms with Crippen molar-refractivity contribution in [1.29, 1.82) is 0 Å². The van der Waals surface area contributed by atoms with Crippen LogP contribution in [0.1, 0.15) is 35.4 Å². The molecule has 2 aliphatic rings. The summed E-state index contributed by atoms with van der Waals surface area (Å²) in [5.74, 6) is 1.79. The smallest absolute Gasteiger partial charge is 0.166 e. The molecular weight excluding hydrogens is 360 g/mol. The number of aliphatic imine (C=N–C) groups is 1. The molecule has 0 radical (unpaired) electrons. The number of aryl methyl sites for hydroxylation is 1. The minimum Gasteiger partial charge on any atom is -0.358 e. The van der Waals surface area contributed by atoms with Gasteiger partial charge in [0.1, 0.15) is 12.4 Å². The Balaban J connectivity index is 1.71. The average molecular weight is 379 g/mol. The molecule has 3 aromatic rings. The Labute approximate surface area is 162 Å². The van der Waals surface area contributed by atoms with Crippen LogP contribution in [0.15, 0.2) is 46.0 Å². The molecular formula is C21H19ClN4O. The van der Waals surface area contributed by atoms with Crippen molar-refractivity contribution < 1.29 is 4.52 Å². The normalized spacial score (nSPS) is 15.9. The second kappa shape index (κ2) is 6.50. The highest BCUT2D eigenvalue weighted by atomic mass is 35.5. The molecule has 0 atom stereocenters. The van der Waals surface area contributed by atoms with E-state index < -0.39 is 0 Å². The van der Waals surface area contributed by atoms with Gasteiger partial charge in [-0.1, -0.05) is 28.9 Å². The van der Waals surface area contributed by atoms with E-state index in [2.05, 4.69) is 16.1 Å². The van der Waals surface area contributed by atoms with Crippen molar-refractivity contribution in [1.82, 2.24) is 10.1 Å². The first kappa shape index (κ1) is 16.5. The van der Waals surface area contributed by atoms with E-state index in [1.54, 1.807) is 0 Å². The van der Waals surface area contributed by atoms with Crippen molar-refractivity contribution in [2.45, 2.75) is 26.3 Å². The van der Waals surface area contributed by atoms with Gasteiger partial charge in [-0.05, 0) is 38.0 Å². The molecule has 0 amide bonds. The second-order valence-corrected chi connectivity index (χ2v) is 7.46. The Kier molecular flexibility index (Phi) is 3.97. The first-order chi connectivity index (χ1) is 13.2. The van der Waals surface area contributed by atoms with Crippen LogP contribution in [-0.2, 0) is 6.54 Å². The zero-order valence-electron chi connectivity index (χ0n) is 15.1. The lowest BCUT2D eigenvalue weighted by Gasteiger charge is -2.19. The number of rotatable bonds is 2. The number of hydrogen-bond donors (Lipinski definition) is 0. The zero-order valence-corrected chi connectivity index (χ0v) is 15.8. The van der Waals surface area contributed by atoms with E-state index in [4.69, 9.17) is 26.1 Å². The molecule has 136 valence electrons. The molecule has 4 heterocycles. The minimum absolute atomic E-state index is 0.460. The summed E-state index contributed by atoms with van der Waals surface area (Å²) in [6.45, 7) is 4.53. The summed E-state index contributed by atoms with van der Waals surface area (Å²) in [6.07, 6.45) is 4.38.